The summed E-state index contributed by atoms with van der Waals surface area (Å²) in [6, 6.07) is 6.39. The molecule has 4 nitrogen and oxygen atoms in total. The Labute approximate surface area is 122 Å². The maximum absolute atomic E-state index is 5.71. The zero-order chi connectivity index (χ0) is 13.8. The zero-order valence-corrected chi connectivity index (χ0v) is 12.8. The number of aromatic nitrogens is 2. The number of benzene rings is 1. The van der Waals surface area contributed by atoms with Gasteiger partial charge in [0.25, 0.3) is 0 Å². The van der Waals surface area contributed by atoms with E-state index in [-0.39, 0.29) is 6.04 Å². The average molecular weight is 323 g/mol. The van der Waals surface area contributed by atoms with E-state index in [4.69, 9.17) is 5.84 Å². The Balaban J connectivity index is 2.25. The number of hydrogen-bond donors (Lipinski definition) is 2. The third-order valence-corrected chi connectivity index (χ3v) is 3.65. The molecule has 0 saturated heterocycles. The van der Waals surface area contributed by atoms with E-state index >= 15 is 0 Å². The van der Waals surface area contributed by atoms with Gasteiger partial charge in [-0.2, -0.15) is 0 Å². The molecule has 0 aliphatic rings. The molecule has 0 amide bonds. The Kier molecular flexibility index (Phi) is 4.74. The molecule has 19 heavy (non-hydrogen) atoms. The van der Waals surface area contributed by atoms with Crippen molar-refractivity contribution in [2.75, 3.05) is 0 Å². The van der Waals surface area contributed by atoms with Crippen LogP contribution in [0.15, 0.2) is 35.1 Å². The second kappa shape index (κ2) is 6.32. The van der Waals surface area contributed by atoms with Crippen molar-refractivity contribution in [2.45, 2.75) is 32.9 Å². The molecule has 0 bridgehead atoms. The van der Waals surface area contributed by atoms with Crippen molar-refractivity contribution < 1.29 is 0 Å². The van der Waals surface area contributed by atoms with Crippen molar-refractivity contribution in [3.8, 4) is 0 Å². The van der Waals surface area contributed by atoms with E-state index in [0.717, 1.165) is 23.3 Å². The number of halogens is 1. The molecule has 5 heteroatoms. The van der Waals surface area contributed by atoms with E-state index in [1.807, 2.05) is 12.4 Å². The van der Waals surface area contributed by atoms with E-state index in [2.05, 4.69) is 63.0 Å². The van der Waals surface area contributed by atoms with Gasteiger partial charge in [0.05, 0.1) is 6.04 Å². The third kappa shape index (κ3) is 3.43. The number of imidazole rings is 1. The summed E-state index contributed by atoms with van der Waals surface area (Å²) in [5.41, 5.74) is 5.27. The Hall–Kier alpha value is -1.17. The van der Waals surface area contributed by atoms with Crippen LogP contribution in [0.25, 0.3) is 0 Å². The number of nitrogens with zero attached hydrogens (tertiary/aromatic N) is 2. The molecular weight excluding hydrogens is 304 g/mol. The van der Waals surface area contributed by atoms with Crippen LogP contribution < -0.4 is 11.3 Å². The van der Waals surface area contributed by atoms with Gasteiger partial charge in [0.2, 0.25) is 0 Å². The highest BCUT2D eigenvalue weighted by atomic mass is 79.9. The lowest BCUT2D eigenvalue weighted by atomic mass is 10.0. The fourth-order valence-electron chi connectivity index (χ4n) is 2.24. The van der Waals surface area contributed by atoms with E-state index in [9.17, 15) is 0 Å². The first-order valence-electron chi connectivity index (χ1n) is 6.37. The van der Waals surface area contributed by atoms with Gasteiger partial charge in [-0.05, 0) is 37.1 Å². The molecule has 3 N–H and O–H groups in total. The SMILES string of the molecule is CCn1ccnc1CC(NN)c1cc(C)cc(Br)c1. The first kappa shape index (κ1) is 14.2. The molecule has 2 aromatic rings. The Morgan fingerprint density at radius 2 is 2.21 bits per heavy atom. The van der Waals surface area contributed by atoms with Crippen LogP contribution in [0.1, 0.15) is 29.9 Å². The number of nitrogens with one attached hydrogen (secondary N) is 1. The highest BCUT2D eigenvalue weighted by Crippen LogP contribution is 2.22. The number of rotatable bonds is 5. The van der Waals surface area contributed by atoms with Crippen LogP contribution in [0.2, 0.25) is 0 Å². The number of hydrazine groups is 1. The van der Waals surface area contributed by atoms with Gasteiger partial charge >= 0.3 is 0 Å². The van der Waals surface area contributed by atoms with Gasteiger partial charge in [0, 0.05) is 29.8 Å². The lowest BCUT2D eigenvalue weighted by Gasteiger charge is -2.17. The Morgan fingerprint density at radius 3 is 2.84 bits per heavy atom. The van der Waals surface area contributed by atoms with Crippen molar-refractivity contribution >= 4 is 15.9 Å². The summed E-state index contributed by atoms with van der Waals surface area (Å²) in [6.07, 6.45) is 4.60. The highest BCUT2D eigenvalue weighted by molar-refractivity contribution is 9.10. The molecule has 1 unspecified atom stereocenters. The second-order valence-electron chi connectivity index (χ2n) is 4.61. The molecule has 0 fully saturated rings. The van der Waals surface area contributed by atoms with E-state index < -0.39 is 0 Å². The summed E-state index contributed by atoms with van der Waals surface area (Å²) in [7, 11) is 0. The molecule has 1 aromatic carbocycles. The molecule has 1 atom stereocenters. The summed E-state index contributed by atoms with van der Waals surface area (Å²) < 4.78 is 3.21. The lowest BCUT2D eigenvalue weighted by Crippen LogP contribution is -2.30. The topological polar surface area (TPSA) is 55.9 Å². The first-order chi connectivity index (χ1) is 9.13. The molecule has 2 rings (SSSR count). The first-order valence-corrected chi connectivity index (χ1v) is 7.16. The van der Waals surface area contributed by atoms with Gasteiger partial charge in [-0.1, -0.05) is 22.0 Å². The maximum atomic E-state index is 5.71. The Morgan fingerprint density at radius 1 is 1.42 bits per heavy atom. The zero-order valence-electron chi connectivity index (χ0n) is 11.2. The van der Waals surface area contributed by atoms with Gasteiger partial charge in [0.15, 0.2) is 0 Å². The van der Waals surface area contributed by atoms with Crippen molar-refractivity contribution in [2.24, 2.45) is 5.84 Å². The standard InChI is InChI=1S/C14H19BrN4/c1-3-19-5-4-17-14(19)9-13(18-16)11-6-10(2)7-12(15)8-11/h4-8,13,18H,3,9,16H2,1-2H3. The molecule has 0 spiro atoms. The monoisotopic (exact) mass is 322 g/mol. The molecule has 0 saturated carbocycles. The van der Waals surface area contributed by atoms with Crippen LogP contribution in [-0.4, -0.2) is 9.55 Å². The average Bonchev–Trinajstić information content (AvgIpc) is 2.81. The van der Waals surface area contributed by atoms with E-state index in [1.54, 1.807) is 0 Å². The van der Waals surface area contributed by atoms with Gasteiger partial charge < -0.3 is 4.57 Å². The molecule has 1 aromatic heterocycles. The quantitative estimate of drug-likeness (QED) is 0.657. The summed E-state index contributed by atoms with van der Waals surface area (Å²) in [5.74, 6) is 6.76. The summed E-state index contributed by atoms with van der Waals surface area (Å²) in [6.45, 7) is 5.11. The number of hydrogen-bond acceptors (Lipinski definition) is 3. The van der Waals surface area contributed by atoms with Gasteiger partial charge in [-0.3, -0.25) is 11.3 Å². The highest BCUT2D eigenvalue weighted by Gasteiger charge is 2.14. The van der Waals surface area contributed by atoms with Crippen molar-refractivity contribution in [3.05, 3.63) is 52.0 Å². The minimum Gasteiger partial charge on any atom is -0.335 e. The predicted molar refractivity (Wildman–Crippen MR) is 80.5 cm³/mol. The second-order valence-corrected chi connectivity index (χ2v) is 5.53. The molecule has 102 valence electrons. The van der Waals surface area contributed by atoms with Crippen molar-refractivity contribution in [3.63, 3.8) is 0 Å². The van der Waals surface area contributed by atoms with Crippen LogP contribution in [-0.2, 0) is 13.0 Å². The van der Waals surface area contributed by atoms with Crippen LogP contribution in [0, 0.1) is 6.92 Å². The van der Waals surface area contributed by atoms with Crippen LogP contribution in [0.3, 0.4) is 0 Å². The third-order valence-electron chi connectivity index (χ3n) is 3.20. The minimum absolute atomic E-state index is 0.0592. The van der Waals surface area contributed by atoms with Gasteiger partial charge in [0.1, 0.15) is 5.82 Å². The van der Waals surface area contributed by atoms with Gasteiger partial charge in [-0.25, -0.2) is 4.98 Å². The van der Waals surface area contributed by atoms with Crippen molar-refractivity contribution in [1.82, 2.24) is 15.0 Å². The molecular formula is C14H19BrN4. The normalized spacial score (nSPS) is 12.6. The van der Waals surface area contributed by atoms with E-state index in [0.29, 0.717) is 0 Å². The number of nitrogens with two attached hydrogens (primary N) is 1. The summed E-state index contributed by atoms with van der Waals surface area (Å²) in [4.78, 5) is 4.40. The van der Waals surface area contributed by atoms with Crippen LogP contribution in [0.5, 0.6) is 0 Å². The Bertz CT molecular complexity index is 530. The lowest BCUT2D eigenvalue weighted by molar-refractivity contribution is 0.523. The van der Waals surface area contributed by atoms with E-state index in [1.165, 1.54) is 11.1 Å². The fourth-order valence-corrected chi connectivity index (χ4v) is 2.86. The predicted octanol–water partition coefficient (Wildman–Crippen LogP) is 2.72. The molecule has 1 heterocycles. The number of aryl methyl sites for hydroxylation is 2. The summed E-state index contributed by atoms with van der Waals surface area (Å²) in [5, 5.41) is 0. The summed E-state index contributed by atoms with van der Waals surface area (Å²) >= 11 is 3.53. The van der Waals surface area contributed by atoms with Crippen LogP contribution in [0.4, 0.5) is 0 Å². The fraction of sp³-hybridized carbons (Fsp3) is 0.357. The molecule has 0 radical (unpaired) electrons. The molecule has 0 aliphatic heterocycles. The van der Waals surface area contributed by atoms with Gasteiger partial charge in [-0.15, -0.1) is 0 Å². The molecule has 0 aliphatic carbocycles. The smallest absolute Gasteiger partial charge is 0.110 e. The maximum Gasteiger partial charge on any atom is 0.110 e. The minimum atomic E-state index is 0.0592. The van der Waals surface area contributed by atoms with Crippen molar-refractivity contribution in [1.29, 1.82) is 0 Å². The largest absolute Gasteiger partial charge is 0.335 e. The van der Waals surface area contributed by atoms with Crippen LogP contribution >= 0.6 is 15.9 Å².